The first-order valence-corrected chi connectivity index (χ1v) is 2.98. The Kier molecular flexibility index (Phi) is 2.21. The average molecular weight is 172 g/mol. The summed E-state index contributed by atoms with van der Waals surface area (Å²) in [5.74, 6) is -0.751. The van der Waals surface area contributed by atoms with Gasteiger partial charge in [-0.15, -0.1) is 4.99 Å². The van der Waals surface area contributed by atoms with Crippen LogP contribution in [0.2, 0.25) is 5.22 Å². The predicted octanol–water partition coefficient (Wildman–Crippen LogP) is 1.41. The van der Waals surface area contributed by atoms with Gasteiger partial charge in [0, 0.05) is 0 Å². The minimum Gasteiger partial charge on any atom is -0.452 e. The summed E-state index contributed by atoms with van der Waals surface area (Å²) in [5, 5.41) is -0.0750. The number of furan rings is 1. The Labute approximate surface area is 66.5 Å². The van der Waals surface area contributed by atoms with Crippen molar-refractivity contribution in [1.82, 2.24) is 0 Å². The van der Waals surface area contributed by atoms with Crippen LogP contribution in [0.4, 0.5) is 0 Å². The van der Waals surface area contributed by atoms with Crippen molar-refractivity contribution in [3.8, 4) is 0 Å². The van der Waals surface area contributed by atoms with E-state index in [0.717, 1.165) is 6.08 Å². The molecule has 0 fully saturated rings. The quantitative estimate of drug-likeness (QED) is 0.474. The van der Waals surface area contributed by atoms with Gasteiger partial charge >= 0.3 is 0 Å². The summed E-state index contributed by atoms with van der Waals surface area (Å²) in [4.78, 5) is 23.2. The molecule has 1 aromatic rings. The van der Waals surface area contributed by atoms with Crippen LogP contribution in [-0.4, -0.2) is 12.0 Å². The Balaban J connectivity index is 3.02. The van der Waals surface area contributed by atoms with E-state index in [9.17, 15) is 9.59 Å². The number of halogens is 1. The van der Waals surface area contributed by atoms with Crippen molar-refractivity contribution in [1.29, 1.82) is 0 Å². The number of aliphatic imine (C=N–C) groups is 1. The zero-order chi connectivity index (χ0) is 8.27. The summed E-state index contributed by atoms with van der Waals surface area (Å²) in [6, 6.07) is 1.32. The number of carbonyl (C=O) groups is 1. The Bertz CT molecular complexity index is 324. The monoisotopic (exact) mass is 171 g/mol. The summed E-state index contributed by atoms with van der Waals surface area (Å²) in [5.41, 5.74) is 0.0648. The Morgan fingerprint density at radius 3 is 2.91 bits per heavy atom. The van der Waals surface area contributed by atoms with Crippen molar-refractivity contribution in [2.24, 2.45) is 4.99 Å². The molecule has 4 nitrogen and oxygen atoms in total. The third-order valence-electron chi connectivity index (χ3n) is 0.996. The minimum absolute atomic E-state index is 0.0648. The van der Waals surface area contributed by atoms with E-state index in [0.29, 0.717) is 0 Å². The second-order valence-corrected chi connectivity index (χ2v) is 1.96. The molecule has 0 radical (unpaired) electrons. The highest BCUT2D eigenvalue weighted by Gasteiger charge is 2.10. The SMILES string of the molecule is O=C=NC(=O)c1ccoc1Cl. The molecule has 0 unspecified atom stereocenters. The molecule has 0 spiro atoms. The lowest BCUT2D eigenvalue weighted by molar-refractivity contribution is 0.100. The molecule has 0 aliphatic carbocycles. The van der Waals surface area contributed by atoms with E-state index < -0.39 is 5.91 Å². The zero-order valence-electron chi connectivity index (χ0n) is 5.20. The van der Waals surface area contributed by atoms with Crippen molar-refractivity contribution in [3.63, 3.8) is 0 Å². The zero-order valence-corrected chi connectivity index (χ0v) is 5.96. The number of isocyanates is 1. The topological polar surface area (TPSA) is 59.6 Å². The molecule has 56 valence electrons. The van der Waals surface area contributed by atoms with Crippen LogP contribution in [0.1, 0.15) is 10.4 Å². The van der Waals surface area contributed by atoms with E-state index in [1.165, 1.54) is 12.3 Å². The second kappa shape index (κ2) is 3.14. The third-order valence-corrected chi connectivity index (χ3v) is 1.29. The average Bonchev–Trinajstić information content (AvgIpc) is 2.36. The van der Waals surface area contributed by atoms with Crippen molar-refractivity contribution in [2.75, 3.05) is 0 Å². The minimum atomic E-state index is -0.751. The lowest BCUT2D eigenvalue weighted by Gasteiger charge is -1.83. The molecule has 0 aliphatic heterocycles. The highest BCUT2D eigenvalue weighted by Crippen LogP contribution is 2.16. The molecule has 5 heteroatoms. The lowest BCUT2D eigenvalue weighted by Crippen LogP contribution is -1.91. The van der Waals surface area contributed by atoms with Gasteiger partial charge in [-0.2, -0.15) is 0 Å². The molecule has 0 bridgehead atoms. The molecule has 0 aliphatic rings. The molecule has 1 heterocycles. The van der Waals surface area contributed by atoms with Crippen LogP contribution >= 0.6 is 11.6 Å². The van der Waals surface area contributed by atoms with Gasteiger partial charge in [0.25, 0.3) is 5.91 Å². The van der Waals surface area contributed by atoms with Gasteiger partial charge < -0.3 is 4.42 Å². The maximum Gasteiger partial charge on any atom is 0.292 e. The maximum absolute atomic E-state index is 10.8. The summed E-state index contributed by atoms with van der Waals surface area (Å²) in [6.07, 6.45) is 2.34. The maximum atomic E-state index is 10.8. The number of hydrogen-bond acceptors (Lipinski definition) is 3. The number of carbonyl (C=O) groups excluding carboxylic acids is 2. The Morgan fingerprint density at radius 2 is 2.45 bits per heavy atom. The fourth-order valence-electron chi connectivity index (χ4n) is 0.548. The van der Waals surface area contributed by atoms with Gasteiger partial charge in [0.05, 0.1) is 6.26 Å². The van der Waals surface area contributed by atoms with Crippen LogP contribution in [0.25, 0.3) is 0 Å². The van der Waals surface area contributed by atoms with Gasteiger partial charge in [-0.1, -0.05) is 0 Å². The number of hydrogen-bond donors (Lipinski definition) is 0. The highest BCUT2D eigenvalue weighted by atomic mass is 35.5. The van der Waals surface area contributed by atoms with Crippen molar-refractivity contribution >= 4 is 23.6 Å². The van der Waals surface area contributed by atoms with E-state index in [1.54, 1.807) is 0 Å². The van der Waals surface area contributed by atoms with Gasteiger partial charge in [0.15, 0.2) is 0 Å². The van der Waals surface area contributed by atoms with Gasteiger partial charge in [0.1, 0.15) is 5.56 Å². The molecule has 0 saturated heterocycles. The molecule has 0 atom stereocenters. The molecular formula is C6H2ClNO3. The number of amides is 1. The van der Waals surface area contributed by atoms with Crippen LogP contribution in [-0.2, 0) is 4.79 Å². The first-order chi connectivity index (χ1) is 5.25. The lowest BCUT2D eigenvalue weighted by atomic mass is 10.3. The van der Waals surface area contributed by atoms with Crippen LogP contribution < -0.4 is 0 Å². The van der Waals surface area contributed by atoms with E-state index in [1.807, 2.05) is 0 Å². The first kappa shape index (κ1) is 7.72. The largest absolute Gasteiger partial charge is 0.452 e. The molecule has 0 N–H and O–H groups in total. The van der Waals surface area contributed by atoms with Gasteiger partial charge in [0.2, 0.25) is 11.3 Å². The Hall–Kier alpha value is -1.38. The molecular weight excluding hydrogens is 170 g/mol. The van der Waals surface area contributed by atoms with E-state index in [4.69, 9.17) is 11.6 Å². The van der Waals surface area contributed by atoms with E-state index >= 15 is 0 Å². The van der Waals surface area contributed by atoms with E-state index in [-0.39, 0.29) is 10.8 Å². The molecule has 1 rings (SSSR count). The summed E-state index contributed by atoms with van der Waals surface area (Å²) in [7, 11) is 0. The van der Waals surface area contributed by atoms with Gasteiger partial charge in [-0.3, -0.25) is 4.79 Å². The van der Waals surface area contributed by atoms with Crippen molar-refractivity contribution in [2.45, 2.75) is 0 Å². The first-order valence-electron chi connectivity index (χ1n) is 2.61. The highest BCUT2D eigenvalue weighted by molar-refractivity contribution is 6.32. The second-order valence-electron chi connectivity index (χ2n) is 1.62. The third kappa shape index (κ3) is 1.55. The van der Waals surface area contributed by atoms with Crippen LogP contribution in [0.15, 0.2) is 21.7 Å². The smallest absolute Gasteiger partial charge is 0.292 e. The summed E-state index contributed by atoms with van der Waals surface area (Å²) in [6.45, 7) is 0. The molecule has 1 aromatic heterocycles. The van der Waals surface area contributed by atoms with Crippen molar-refractivity contribution < 1.29 is 14.0 Å². The molecule has 11 heavy (non-hydrogen) atoms. The van der Waals surface area contributed by atoms with Crippen LogP contribution in [0.3, 0.4) is 0 Å². The summed E-state index contributed by atoms with van der Waals surface area (Å²) >= 11 is 5.39. The van der Waals surface area contributed by atoms with Crippen molar-refractivity contribution in [3.05, 3.63) is 23.1 Å². The number of rotatable bonds is 1. The van der Waals surface area contributed by atoms with Crippen LogP contribution in [0, 0.1) is 0 Å². The molecule has 0 aromatic carbocycles. The normalized spacial score (nSPS) is 8.82. The molecule has 1 amide bonds. The van der Waals surface area contributed by atoms with Gasteiger partial charge in [-0.05, 0) is 17.7 Å². The number of nitrogens with zero attached hydrogens (tertiary/aromatic N) is 1. The van der Waals surface area contributed by atoms with Gasteiger partial charge in [-0.25, -0.2) is 4.79 Å². The fraction of sp³-hybridized carbons (Fsp3) is 0. The fourth-order valence-corrected chi connectivity index (χ4v) is 0.743. The standard InChI is InChI=1S/C6H2ClNO3/c7-5-4(1-2-11-5)6(10)8-3-9/h1-2H. The Morgan fingerprint density at radius 1 is 1.73 bits per heavy atom. The summed E-state index contributed by atoms with van der Waals surface area (Å²) < 4.78 is 4.59. The van der Waals surface area contributed by atoms with Crippen LogP contribution in [0.5, 0.6) is 0 Å². The molecule has 0 saturated carbocycles. The van der Waals surface area contributed by atoms with E-state index in [2.05, 4.69) is 9.41 Å². The predicted molar refractivity (Wildman–Crippen MR) is 36.2 cm³/mol.